The largest absolute Gasteiger partial charge is 0.507 e. The van der Waals surface area contributed by atoms with Gasteiger partial charge in [0.1, 0.15) is 24.7 Å². The van der Waals surface area contributed by atoms with Gasteiger partial charge in [-0.05, 0) is 42.3 Å². The molecule has 1 saturated heterocycles. The highest BCUT2D eigenvalue weighted by Crippen LogP contribution is 2.41. The summed E-state index contributed by atoms with van der Waals surface area (Å²) in [5, 5.41) is 11.2. The lowest BCUT2D eigenvalue weighted by Crippen LogP contribution is -2.31. The van der Waals surface area contributed by atoms with E-state index in [1.807, 2.05) is 0 Å². The Morgan fingerprint density at radius 1 is 1.09 bits per heavy atom. The molecule has 4 rings (SSSR count). The van der Waals surface area contributed by atoms with Gasteiger partial charge in [0.25, 0.3) is 11.7 Å². The average Bonchev–Trinajstić information content (AvgIpc) is 3.08. The van der Waals surface area contributed by atoms with Gasteiger partial charge < -0.3 is 29.0 Å². The molecule has 1 fully saturated rings. The number of rotatable bonds is 7. The summed E-state index contributed by atoms with van der Waals surface area (Å²) in [7, 11) is 3.12. The molecule has 168 valence electrons. The lowest BCUT2D eigenvalue weighted by Gasteiger charge is -2.25. The van der Waals surface area contributed by atoms with E-state index in [0.717, 1.165) is 0 Å². The number of benzene rings is 2. The van der Waals surface area contributed by atoms with Crippen molar-refractivity contribution in [2.45, 2.75) is 12.5 Å². The SMILES string of the molecule is COCCCN1C(=O)C(=O)C(=C(O)c2ccc3c(c2)OCCO3)[C@@H]1c1cccc(OC)c1. The highest BCUT2D eigenvalue weighted by Gasteiger charge is 2.46. The Morgan fingerprint density at radius 2 is 1.88 bits per heavy atom. The number of hydrogen-bond donors (Lipinski definition) is 1. The minimum atomic E-state index is -0.754. The third-order valence-electron chi connectivity index (χ3n) is 5.51. The highest BCUT2D eigenvalue weighted by molar-refractivity contribution is 6.46. The smallest absolute Gasteiger partial charge is 0.295 e. The topological polar surface area (TPSA) is 94.5 Å². The minimum absolute atomic E-state index is 0.0253. The van der Waals surface area contributed by atoms with Crippen LogP contribution < -0.4 is 14.2 Å². The van der Waals surface area contributed by atoms with Crippen LogP contribution in [-0.4, -0.2) is 62.3 Å². The van der Waals surface area contributed by atoms with Crippen LogP contribution in [0.3, 0.4) is 0 Å². The fraction of sp³-hybridized carbons (Fsp3) is 0.333. The molecule has 8 nitrogen and oxygen atoms in total. The van der Waals surface area contributed by atoms with Gasteiger partial charge in [0, 0.05) is 25.8 Å². The summed E-state index contributed by atoms with van der Waals surface area (Å²) in [5.74, 6) is -0.0212. The van der Waals surface area contributed by atoms with Crippen LogP contribution in [0.5, 0.6) is 17.2 Å². The van der Waals surface area contributed by atoms with E-state index in [9.17, 15) is 14.7 Å². The fourth-order valence-electron chi connectivity index (χ4n) is 3.99. The molecule has 8 heteroatoms. The Morgan fingerprint density at radius 3 is 2.62 bits per heavy atom. The number of aliphatic hydroxyl groups is 1. The third-order valence-corrected chi connectivity index (χ3v) is 5.51. The molecule has 1 N–H and O–H groups in total. The number of amides is 1. The first-order chi connectivity index (χ1) is 15.5. The number of ether oxygens (including phenoxy) is 4. The van der Waals surface area contributed by atoms with Gasteiger partial charge in [-0.15, -0.1) is 0 Å². The maximum Gasteiger partial charge on any atom is 0.295 e. The Labute approximate surface area is 185 Å². The molecule has 0 aromatic heterocycles. The summed E-state index contributed by atoms with van der Waals surface area (Å²) in [6.07, 6.45) is 0.550. The predicted octanol–water partition coefficient (Wildman–Crippen LogP) is 2.92. The van der Waals surface area contributed by atoms with Crippen molar-refractivity contribution in [3.8, 4) is 17.2 Å². The van der Waals surface area contributed by atoms with Crippen molar-refractivity contribution in [3.63, 3.8) is 0 Å². The molecule has 2 aliphatic rings. The van der Waals surface area contributed by atoms with Gasteiger partial charge in [0.15, 0.2) is 11.5 Å². The molecule has 32 heavy (non-hydrogen) atoms. The molecular formula is C24H25NO7. The van der Waals surface area contributed by atoms with E-state index in [0.29, 0.717) is 61.2 Å². The summed E-state index contributed by atoms with van der Waals surface area (Å²) in [6.45, 7) is 1.58. The zero-order valence-corrected chi connectivity index (χ0v) is 18.0. The van der Waals surface area contributed by atoms with Crippen LogP contribution in [0.25, 0.3) is 5.76 Å². The van der Waals surface area contributed by atoms with E-state index in [4.69, 9.17) is 18.9 Å². The van der Waals surface area contributed by atoms with Crippen LogP contribution in [0.4, 0.5) is 0 Å². The van der Waals surface area contributed by atoms with Crippen LogP contribution in [0, 0.1) is 0 Å². The van der Waals surface area contributed by atoms with Gasteiger partial charge in [-0.3, -0.25) is 9.59 Å². The van der Waals surface area contributed by atoms with Gasteiger partial charge in [-0.25, -0.2) is 0 Å². The van der Waals surface area contributed by atoms with Gasteiger partial charge in [0.2, 0.25) is 0 Å². The number of aliphatic hydroxyl groups excluding tert-OH is 1. The maximum absolute atomic E-state index is 13.1. The van der Waals surface area contributed by atoms with Gasteiger partial charge in [0.05, 0.1) is 18.7 Å². The van der Waals surface area contributed by atoms with Crippen molar-refractivity contribution >= 4 is 17.4 Å². The standard InChI is InChI=1S/C24H25NO7/c1-29-10-4-9-25-21(15-5-3-6-17(13-15)30-2)20(23(27)24(25)28)22(26)16-7-8-18-19(14-16)32-12-11-31-18/h3,5-8,13-14,21,26H,4,9-12H2,1-2H3/t21-/m0/s1. The molecule has 2 aromatic rings. The molecule has 2 aliphatic heterocycles. The summed E-state index contributed by atoms with van der Waals surface area (Å²) < 4.78 is 21.6. The molecule has 0 unspecified atom stereocenters. The van der Waals surface area contributed by atoms with Crippen LogP contribution in [0.1, 0.15) is 23.6 Å². The first kappa shape index (κ1) is 21.7. The van der Waals surface area contributed by atoms with Crippen LogP contribution in [0.15, 0.2) is 48.0 Å². The maximum atomic E-state index is 13.1. The van der Waals surface area contributed by atoms with Crippen LogP contribution >= 0.6 is 0 Å². The predicted molar refractivity (Wildman–Crippen MR) is 116 cm³/mol. The van der Waals surface area contributed by atoms with E-state index in [2.05, 4.69) is 0 Å². The normalized spacial score (nSPS) is 19.3. The molecule has 0 bridgehead atoms. The average molecular weight is 439 g/mol. The van der Waals surface area contributed by atoms with Crippen molar-refractivity contribution in [2.75, 3.05) is 40.6 Å². The van der Waals surface area contributed by atoms with Crippen molar-refractivity contribution in [2.24, 2.45) is 0 Å². The summed E-state index contributed by atoms with van der Waals surface area (Å²) in [6, 6.07) is 11.3. The first-order valence-electron chi connectivity index (χ1n) is 10.4. The first-order valence-corrected chi connectivity index (χ1v) is 10.4. The second-order valence-electron chi connectivity index (χ2n) is 7.47. The van der Waals surface area contributed by atoms with Crippen molar-refractivity contribution in [3.05, 3.63) is 59.2 Å². The number of methoxy groups -OCH3 is 2. The molecule has 2 aromatic carbocycles. The van der Waals surface area contributed by atoms with Gasteiger partial charge >= 0.3 is 0 Å². The number of nitrogens with zero attached hydrogens (tertiary/aromatic N) is 1. The summed E-state index contributed by atoms with van der Waals surface area (Å²) >= 11 is 0. The second-order valence-corrected chi connectivity index (χ2v) is 7.47. The number of carbonyl (C=O) groups excluding carboxylic acids is 2. The van der Waals surface area contributed by atoms with Crippen LogP contribution in [-0.2, 0) is 14.3 Å². The quantitative estimate of drug-likeness (QED) is 0.307. The van der Waals surface area contributed by atoms with E-state index in [-0.39, 0.29) is 11.3 Å². The second kappa shape index (κ2) is 9.32. The summed E-state index contributed by atoms with van der Waals surface area (Å²) in [4.78, 5) is 27.5. The van der Waals surface area contributed by atoms with Crippen LogP contribution in [0.2, 0.25) is 0 Å². The Balaban J connectivity index is 1.81. The molecule has 0 aliphatic carbocycles. The Bertz CT molecular complexity index is 1060. The fourth-order valence-corrected chi connectivity index (χ4v) is 3.99. The zero-order valence-electron chi connectivity index (χ0n) is 18.0. The zero-order chi connectivity index (χ0) is 22.7. The molecule has 2 heterocycles. The number of hydrogen-bond acceptors (Lipinski definition) is 7. The van der Waals surface area contributed by atoms with E-state index >= 15 is 0 Å². The van der Waals surface area contributed by atoms with Crippen molar-refractivity contribution < 1.29 is 33.6 Å². The minimum Gasteiger partial charge on any atom is -0.507 e. The molecule has 0 spiro atoms. The lowest BCUT2D eigenvalue weighted by molar-refractivity contribution is -0.140. The molecule has 0 saturated carbocycles. The Hall–Kier alpha value is -3.52. The van der Waals surface area contributed by atoms with E-state index in [1.165, 1.54) is 4.90 Å². The van der Waals surface area contributed by atoms with Crippen molar-refractivity contribution in [1.29, 1.82) is 0 Å². The number of ketones is 1. The monoisotopic (exact) mass is 439 g/mol. The number of carbonyl (C=O) groups is 2. The van der Waals surface area contributed by atoms with Crippen molar-refractivity contribution in [1.82, 2.24) is 4.90 Å². The Kier molecular flexibility index (Phi) is 6.32. The van der Waals surface area contributed by atoms with Gasteiger partial charge in [-0.2, -0.15) is 0 Å². The molecule has 1 amide bonds. The number of likely N-dealkylation sites (tertiary alicyclic amines) is 1. The summed E-state index contributed by atoms with van der Waals surface area (Å²) in [5.41, 5.74) is 1.06. The van der Waals surface area contributed by atoms with E-state index in [1.54, 1.807) is 56.7 Å². The molecular weight excluding hydrogens is 414 g/mol. The van der Waals surface area contributed by atoms with Gasteiger partial charge in [-0.1, -0.05) is 12.1 Å². The highest BCUT2D eigenvalue weighted by atomic mass is 16.6. The lowest BCUT2D eigenvalue weighted by atomic mass is 9.95. The number of fused-ring (bicyclic) bond motifs is 1. The molecule has 0 radical (unpaired) electrons. The third kappa shape index (κ3) is 4.01. The van der Waals surface area contributed by atoms with E-state index < -0.39 is 17.7 Å². The molecule has 1 atom stereocenters. The number of Topliss-reactive ketones (excluding diaryl/α,β-unsaturated/α-hetero) is 1.